The Morgan fingerprint density at radius 1 is 0.619 bits per heavy atom. The van der Waals surface area contributed by atoms with Crippen LogP contribution in [-0.4, -0.2) is 48.7 Å². The Labute approximate surface area is 243 Å². The Hall–Kier alpha value is -5.26. The largest absolute Gasteiger partial charge is 0.492 e. The van der Waals surface area contributed by atoms with E-state index in [9.17, 15) is 19.2 Å². The molecular formula is C30H32N6O6. The van der Waals surface area contributed by atoms with Gasteiger partial charge in [-0.2, -0.15) is 20.5 Å². The van der Waals surface area contributed by atoms with Gasteiger partial charge in [0.15, 0.2) is 11.6 Å². The number of hydrogen-bond acceptors (Lipinski definition) is 10. The van der Waals surface area contributed by atoms with E-state index in [1.165, 1.54) is 38.1 Å². The minimum absolute atomic E-state index is 0.351. The highest BCUT2D eigenvalue weighted by Gasteiger charge is 2.25. The number of hydrogen-bond donors (Lipinski definition) is 2. The summed E-state index contributed by atoms with van der Waals surface area (Å²) in [7, 11) is 0. The van der Waals surface area contributed by atoms with E-state index in [2.05, 4.69) is 31.1 Å². The van der Waals surface area contributed by atoms with Crippen LogP contribution in [0.1, 0.15) is 27.7 Å². The van der Waals surface area contributed by atoms with Crippen LogP contribution in [0.3, 0.4) is 0 Å². The van der Waals surface area contributed by atoms with Crippen molar-refractivity contribution < 1.29 is 28.7 Å². The van der Waals surface area contributed by atoms with Crippen LogP contribution in [0.2, 0.25) is 0 Å². The summed E-state index contributed by atoms with van der Waals surface area (Å²) in [6.07, 6.45) is 0. The first kappa shape index (κ1) is 31.3. The molecular weight excluding hydrogens is 540 g/mol. The van der Waals surface area contributed by atoms with Crippen LogP contribution in [0.25, 0.3) is 0 Å². The molecule has 2 atom stereocenters. The molecule has 0 saturated carbocycles. The van der Waals surface area contributed by atoms with Crippen LogP contribution in [0, 0.1) is 0 Å². The zero-order valence-corrected chi connectivity index (χ0v) is 23.7. The van der Waals surface area contributed by atoms with Crippen molar-refractivity contribution >= 4 is 46.1 Å². The Bertz CT molecular complexity index is 1360. The van der Waals surface area contributed by atoms with Gasteiger partial charge in [-0.05, 0) is 76.2 Å². The minimum atomic E-state index is -1.38. The quantitative estimate of drug-likeness (QED) is 0.182. The smallest absolute Gasteiger partial charge is 0.258 e. The van der Waals surface area contributed by atoms with Gasteiger partial charge < -0.3 is 20.1 Å². The maximum atomic E-state index is 12.8. The van der Waals surface area contributed by atoms with Crippen LogP contribution >= 0.6 is 0 Å². The highest BCUT2D eigenvalue weighted by molar-refractivity contribution is 6.11. The highest BCUT2D eigenvalue weighted by Crippen LogP contribution is 2.28. The topological polar surface area (TPSA) is 160 Å². The number of anilines is 2. The number of ether oxygens (including phenoxy) is 2. The first-order valence-corrected chi connectivity index (χ1v) is 13.2. The summed E-state index contributed by atoms with van der Waals surface area (Å²) in [5, 5.41) is 21.2. The minimum Gasteiger partial charge on any atom is -0.492 e. The van der Waals surface area contributed by atoms with E-state index in [1.807, 2.05) is 13.8 Å². The fraction of sp³-hybridized carbons (Fsp3) is 0.267. The number of carbonyl (C=O) groups excluding carboxylic acids is 4. The molecule has 12 nitrogen and oxygen atoms in total. The van der Waals surface area contributed by atoms with Gasteiger partial charge in [-0.3, -0.25) is 19.2 Å². The summed E-state index contributed by atoms with van der Waals surface area (Å²) in [5.41, 5.74) is 1.48. The van der Waals surface area contributed by atoms with Crippen molar-refractivity contribution in [3.63, 3.8) is 0 Å². The number of nitrogens with zero attached hydrogens (tertiary/aromatic N) is 4. The normalized spacial score (nSPS) is 12.5. The van der Waals surface area contributed by atoms with Crippen LogP contribution in [0.15, 0.2) is 93.3 Å². The molecule has 218 valence electrons. The molecule has 0 spiro atoms. The number of rotatable bonds is 14. The second-order valence-corrected chi connectivity index (χ2v) is 8.81. The molecule has 0 fully saturated rings. The zero-order chi connectivity index (χ0) is 30.5. The van der Waals surface area contributed by atoms with Crippen molar-refractivity contribution in [2.75, 3.05) is 23.8 Å². The maximum absolute atomic E-state index is 12.8. The van der Waals surface area contributed by atoms with Gasteiger partial charge in [0, 0.05) is 11.4 Å². The molecule has 0 radical (unpaired) electrons. The summed E-state index contributed by atoms with van der Waals surface area (Å²) < 4.78 is 11.0. The molecule has 2 N–H and O–H groups in total. The van der Waals surface area contributed by atoms with Crippen LogP contribution in [0.4, 0.5) is 22.7 Å². The van der Waals surface area contributed by atoms with Crippen LogP contribution in [0.5, 0.6) is 11.5 Å². The van der Waals surface area contributed by atoms with Crippen molar-refractivity contribution in [2.24, 2.45) is 20.5 Å². The van der Waals surface area contributed by atoms with Gasteiger partial charge in [0.1, 0.15) is 22.9 Å². The van der Waals surface area contributed by atoms with E-state index in [4.69, 9.17) is 9.47 Å². The van der Waals surface area contributed by atoms with E-state index in [1.54, 1.807) is 48.5 Å². The fourth-order valence-electron chi connectivity index (χ4n) is 3.57. The predicted octanol–water partition coefficient (Wildman–Crippen LogP) is 5.84. The number of para-hydroxylation sites is 2. The van der Waals surface area contributed by atoms with Gasteiger partial charge in [-0.15, -0.1) is 0 Å². The summed E-state index contributed by atoms with van der Waals surface area (Å²) in [5.74, 6) is -1.40. The van der Waals surface area contributed by atoms with Crippen molar-refractivity contribution in [3.05, 3.63) is 72.8 Å². The Morgan fingerprint density at radius 2 is 0.976 bits per heavy atom. The number of benzene rings is 3. The Balaban J connectivity index is 1.66. The lowest BCUT2D eigenvalue weighted by Crippen LogP contribution is -2.32. The average molecular weight is 573 g/mol. The molecule has 2 amide bonds. The zero-order valence-electron chi connectivity index (χ0n) is 23.7. The molecule has 0 heterocycles. The monoisotopic (exact) mass is 572 g/mol. The summed E-state index contributed by atoms with van der Waals surface area (Å²) in [4.78, 5) is 49.9. The van der Waals surface area contributed by atoms with Crippen molar-refractivity contribution in [3.8, 4) is 11.5 Å². The third kappa shape index (κ3) is 8.88. The lowest BCUT2D eigenvalue weighted by molar-refractivity contribution is -0.127. The standard InChI is InChI=1S/C30H32N6O6/c1-5-41-25-13-9-7-11-23(25)33-35-27(19(3)37)29(39)31-21-15-17-22(18-16-21)32-30(40)28(20(4)38)36-34-24-12-8-10-14-26(24)42-6-2/h7-18,27-28H,5-6H2,1-4H3,(H,31,39)(H,32,40). The second-order valence-electron chi connectivity index (χ2n) is 8.81. The third-order valence-corrected chi connectivity index (χ3v) is 5.58. The Kier molecular flexibility index (Phi) is 11.5. The van der Waals surface area contributed by atoms with E-state index < -0.39 is 35.5 Å². The summed E-state index contributed by atoms with van der Waals surface area (Å²) in [6.45, 7) is 6.98. The molecule has 2 unspecified atom stereocenters. The molecule has 0 saturated heterocycles. The van der Waals surface area contributed by atoms with Gasteiger partial charge in [0.25, 0.3) is 11.8 Å². The number of ketones is 2. The summed E-state index contributed by atoms with van der Waals surface area (Å²) in [6, 6.07) is 17.1. The lowest BCUT2D eigenvalue weighted by atomic mass is 10.2. The van der Waals surface area contributed by atoms with E-state index in [-0.39, 0.29) is 0 Å². The molecule has 3 rings (SSSR count). The fourth-order valence-corrected chi connectivity index (χ4v) is 3.57. The van der Waals surface area contributed by atoms with Gasteiger partial charge >= 0.3 is 0 Å². The molecule has 42 heavy (non-hydrogen) atoms. The molecule has 0 aliphatic heterocycles. The molecule has 0 aromatic heterocycles. The van der Waals surface area contributed by atoms with Crippen molar-refractivity contribution in [2.45, 2.75) is 39.8 Å². The van der Waals surface area contributed by atoms with Gasteiger partial charge in [0.2, 0.25) is 12.1 Å². The number of azo groups is 2. The van der Waals surface area contributed by atoms with E-state index in [0.717, 1.165) is 0 Å². The second kappa shape index (κ2) is 15.5. The van der Waals surface area contributed by atoms with Crippen LogP contribution in [-0.2, 0) is 19.2 Å². The molecule has 3 aromatic carbocycles. The predicted molar refractivity (Wildman–Crippen MR) is 157 cm³/mol. The molecule has 0 bridgehead atoms. The van der Waals surface area contributed by atoms with Gasteiger partial charge in [-0.25, -0.2) is 0 Å². The number of Topliss-reactive ketones (excluding diaryl/α,β-unsaturated/α-hetero) is 2. The molecule has 12 heteroatoms. The summed E-state index contributed by atoms with van der Waals surface area (Å²) >= 11 is 0. The lowest BCUT2D eigenvalue weighted by Gasteiger charge is -2.12. The molecule has 0 aliphatic rings. The van der Waals surface area contributed by atoms with Crippen molar-refractivity contribution in [1.29, 1.82) is 0 Å². The Morgan fingerprint density at radius 3 is 1.31 bits per heavy atom. The average Bonchev–Trinajstić information content (AvgIpc) is 2.96. The van der Waals surface area contributed by atoms with Gasteiger partial charge in [-0.1, -0.05) is 24.3 Å². The third-order valence-electron chi connectivity index (χ3n) is 5.58. The van der Waals surface area contributed by atoms with E-state index >= 15 is 0 Å². The van der Waals surface area contributed by atoms with Crippen molar-refractivity contribution in [1.82, 2.24) is 0 Å². The number of amides is 2. The van der Waals surface area contributed by atoms with Crippen LogP contribution < -0.4 is 20.1 Å². The molecule has 3 aromatic rings. The maximum Gasteiger partial charge on any atom is 0.258 e. The van der Waals surface area contributed by atoms with E-state index in [0.29, 0.717) is 47.5 Å². The van der Waals surface area contributed by atoms with Gasteiger partial charge in [0.05, 0.1) is 13.2 Å². The first-order chi connectivity index (χ1) is 20.2. The highest BCUT2D eigenvalue weighted by atomic mass is 16.5. The number of carbonyl (C=O) groups is 4. The SMILES string of the molecule is CCOc1ccccc1N=NC(C(C)=O)C(=O)Nc1ccc(NC(=O)C(N=Nc2ccccc2OCC)C(C)=O)cc1. The molecule has 0 aliphatic carbocycles. The first-order valence-electron chi connectivity index (χ1n) is 13.2. The number of nitrogens with one attached hydrogen (secondary N) is 2.